The predicted octanol–water partition coefficient (Wildman–Crippen LogP) is 7.67. The summed E-state index contributed by atoms with van der Waals surface area (Å²) in [5, 5.41) is 25.8. The number of alkyl halides is 3. The molecule has 0 saturated heterocycles. The lowest BCUT2D eigenvalue weighted by Gasteiger charge is -2.22. The number of benzene rings is 2. The van der Waals surface area contributed by atoms with Crippen LogP contribution in [0, 0.1) is 16.7 Å². The minimum Gasteiger partial charge on any atom is -0.383 e. The van der Waals surface area contributed by atoms with Crippen molar-refractivity contribution in [2.24, 2.45) is 5.41 Å². The van der Waals surface area contributed by atoms with Gasteiger partial charge in [-0.15, -0.1) is 16.4 Å². The molecule has 2 aromatic carbocycles. The zero-order chi connectivity index (χ0) is 29.9. The Morgan fingerprint density at radius 2 is 1.98 bits per heavy atom. The van der Waals surface area contributed by atoms with Crippen LogP contribution in [-0.4, -0.2) is 37.7 Å². The molecule has 216 valence electrons. The van der Waals surface area contributed by atoms with Crippen molar-refractivity contribution < 1.29 is 13.2 Å². The van der Waals surface area contributed by atoms with Crippen LogP contribution < -0.4 is 10.6 Å². The van der Waals surface area contributed by atoms with Gasteiger partial charge in [-0.05, 0) is 42.0 Å². The van der Waals surface area contributed by atoms with Crippen LogP contribution in [-0.2, 0) is 5.54 Å². The second-order valence-corrected chi connectivity index (χ2v) is 12.9. The van der Waals surface area contributed by atoms with E-state index in [1.54, 1.807) is 11.6 Å². The molecule has 1 saturated carbocycles. The highest BCUT2D eigenvalue weighted by molar-refractivity contribution is 7.17. The summed E-state index contributed by atoms with van der Waals surface area (Å²) < 4.78 is 43.5. The molecule has 8 nitrogen and oxygen atoms in total. The molecule has 1 atom stereocenters. The summed E-state index contributed by atoms with van der Waals surface area (Å²) >= 11 is 8.15. The smallest absolute Gasteiger partial charge is 0.383 e. The molecule has 0 amide bonds. The van der Waals surface area contributed by atoms with Gasteiger partial charge in [0.1, 0.15) is 11.8 Å². The fourth-order valence-electron chi connectivity index (χ4n) is 4.96. The van der Waals surface area contributed by atoms with Gasteiger partial charge < -0.3 is 10.6 Å². The first-order valence-electron chi connectivity index (χ1n) is 13.2. The van der Waals surface area contributed by atoms with Crippen molar-refractivity contribution in [2.45, 2.75) is 51.4 Å². The normalized spacial score (nSPS) is 15.5. The van der Waals surface area contributed by atoms with Gasteiger partial charge in [-0.2, -0.15) is 18.4 Å². The Kier molecular flexibility index (Phi) is 6.78. The number of pyridine rings is 1. The van der Waals surface area contributed by atoms with Crippen LogP contribution in [0.4, 0.5) is 24.5 Å². The van der Waals surface area contributed by atoms with E-state index in [9.17, 15) is 18.4 Å². The summed E-state index contributed by atoms with van der Waals surface area (Å²) in [6.07, 6.45) is -1.66. The number of nitrogens with zero attached hydrogens (tertiary/aromatic N) is 6. The second-order valence-electron chi connectivity index (χ2n) is 11.7. The van der Waals surface area contributed by atoms with Gasteiger partial charge in [0.15, 0.2) is 5.54 Å². The van der Waals surface area contributed by atoms with E-state index in [0.717, 1.165) is 20.5 Å². The molecular weight excluding hydrogens is 585 g/mol. The molecule has 3 heterocycles. The number of aromatic nitrogens is 5. The fraction of sp³-hybridized carbons (Fsp3) is 0.345. The molecule has 0 spiro atoms. The first-order valence-corrected chi connectivity index (χ1v) is 14.5. The third-order valence-electron chi connectivity index (χ3n) is 7.35. The van der Waals surface area contributed by atoms with Crippen molar-refractivity contribution in [1.29, 1.82) is 5.26 Å². The minimum atomic E-state index is -4.44. The molecule has 0 bridgehead atoms. The van der Waals surface area contributed by atoms with E-state index < -0.39 is 17.8 Å². The van der Waals surface area contributed by atoms with Gasteiger partial charge in [0.25, 0.3) is 0 Å². The third-order valence-corrected chi connectivity index (χ3v) is 8.53. The van der Waals surface area contributed by atoms with Gasteiger partial charge in [-0.25, -0.2) is 9.67 Å². The lowest BCUT2D eigenvalue weighted by atomic mass is 9.96. The maximum atomic E-state index is 13.9. The highest BCUT2D eigenvalue weighted by atomic mass is 35.5. The summed E-state index contributed by atoms with van der Waals surface area (Å²) in [5.41, 5.74) is 3.56. The number of hydrogen-bond acceptors (Lipinski definition) is 8. The lowest BCUT2D eigenvalue weighted by molar-refractivity contribution is -0.182. The van der Waals surface area contributed by atoms with Crippen molar-refractivity contribution >= 4 is 55.4 Å². The Bertz CT molecular complexity index is 1850. The topological polar surface area (TPSA) is 104 Å². The molecule has 0 aliphatic heterocycles. The maximum absolute atomic E-state index is 13.9. The molecule has 1 fully saturated rings. The van der Waals surface area contributed by atoms with E-state index in [2.05, 4.69) is 57.8 Å². The Morgan fingerprint density at radius 1 is 1.19 bits per heavy atom. The van der Waals surface area contributed by atoms with Crippen molar-refractivity contribution in [3.8, 4) is 6.07 Å². The zero-order valence-corrected chi connectivity index (χ0v) is 24.5. The van der Waals surface area contributed by atoms with E-state index in [1.165, 1.54) is 23.7 Å². The fourth-order valence-corrected chi connectivity index (χ4v) is 6.07. The van der Waals surface area contributed by atoms with Gasteiger partial charge in [-0.1, -0.05) is 49.7 Å². The van der Waals surface area contributed by atoms with Gasteiger partial charge >= 0.3 is 6.18 Å². The van der Waals surface area contributed by atoms with Crippen LogP contribution in [0.2, 0.25) is 5.02 Å². The van der Waals surface area contributed by atoms with Crippen molar-refractivity contribution in [2.75, 3.05) is 17.2 Å². The molecule has 6 rings (SSSR count). The zero-order valence-electron chi connectivity index (χ0n) is 22.9. The van der Waals surface area contributed by atoms with E-state index >= 15 is 0 Å². The maximum Gasteiger partial charge on any atom is 0.413 e. The molecule has 1 unspecified atom stereocenters. The SMILES string of the molecule is CC(C)(C)CNc1c(C#N)cnc2c(Cl)cc(NC(c3cn(C4(C(F)(F)F)CC4)nn3)c3cccc4ncsc34)cc12. The van der Waals surface area contributed by atoms with Crippen LogP contribution in [0.3, 0.4) is 0 Å². The van der Waals surface area contributed by atoms with Crippen molar-refractivity contribution in [1.82, 2.24) is 25.0 Å². The van der Waals surface area contributed by atoms with E-state index in [4.69, 9.17) is 11.6 Å². The minimum absolute atomic E-state index is 0.0410. The summed E-state index contributed by atoms with van der Waals surface area (Å²) in [5.74, 6) is 0. The molecule has 2 N–H and O–H groups in total. The summed E-state index contributed by atoms with van der Waals surface area (Å²) in [7, 11) is 0. The van der Waals surface area contributed by atoms with Crippen LogP contribution >= 0.6 is 22.9 Å². The Morgan fingerprint density at radius 3 is 2.67 bits per heavy atom. The molecule has 1 aliphatic rings. The van der Waals surface area contributed by atoms with Gasteiger partial charge in [-0.3, -0.25) is 4.98 Å². The Hall–Kier alpha value is -3.95. The van der Waals surface area contributed by atoms with Crippen molar-refractivity contribution in [3.05, 3.63) is 70.1 Å². The number of halogens is 4. The van der Waals surface area contributed by atoms with Gasteiger partial charge in [0, 0.05) is 23.8 Å². The standard InChI is InChI=1S/C29H26ClF3N8S/c1-27(2,3)14-36-23-16(11-34)12-35-24-19(23)9-17(10-20(24)30)38-25(18-5-4-6-21-26(18)42-15-37-21)22-13-41(40-39-22)28(7-8-28)29(31,32)33/h4-6,9-10,12-13,15,25,38H,7-8,14H2,1-3H3,(H,35,36). The second kappa shape index (κ2) is 10.1. The number of thiazole rings is 1. The van der Waals surface area contributed by atoms with Gasteiger partial charge in [0.2, 0.25) is 0 Å². The highest BCUT2D eigenvalue weighted by Gasteiger charge is 2.66. The van der Waals surface area contributed by atoms with Gasteiger partial charge in [0.05, 0.1) is 49.8 Å². The van der Waals surface area contributed by atoms with Crippen molar-refractivity contribution in [3.63, 3.8) is 0 Å². The average Bonchev–Trinajstić information content (AvgIpc) is 3.37. The molecular formula is C29H26ClF3N8S. The molecule has 3 aromatic heterocycles. The predicted molar refractivity (Wildman–Crippen MR) is 158 cm³/mol. The van der Waals surface area contributed by atoms with Crippen LogP contribution in [0.5, 0.6) is 0 Å². The van der Waals surface area contributed by atoms with Crippen LogP contribution in [0.15, 0.2) is 48.2 Å². The summed E-state index contributed by atoms with van der Waals surface area (Å²) in [6, 6.07) is 10.7. The number of rotatable bonds is 7. The monoisotopic (exact) mass is 610 g/mol. The molecule has 42 heavy (non-hydrogen) atoms. The van der Waals surface area contributed by atoms with E-state index in [0.29, 0.717) is 45.1 Å². The average molecular weight is 611 g/mol. The van der Waals surface area contributed by atoms with E-state index in [1.807, 2.05) is 24.3 Å². The largest absolute Gasteiger partial charge is 0.413 e. The van der Waals surface area contributed by atoms with Crippen LogP contribution in [0.1, 0.15) is 56.5 Å². The number of nitriles is 1. The first kappa shape index (κ1) is 28.2. The first-order chi connectivity index (χ1) is 19.9. The van der Waals surface area contributed by atoms with E-state index in [-0.39, 0.29) is 18.3 Å². The Labute approximate surface area is 248 Å². The molecule has 1 aliphatic carbocycles. The number of fused-ring (bicyclic) bond motifs is 2. The number of anilines is 2. The molecule has 5 aromatic rings. The highest BCUT2D eigenvalue weighted by Crippen LogP contribution is 2.55. The number of hydrogen-bond donors (Lipinski definition) is 2. The quantitative estimate of drug-likeness (QED) is 0.195. The number of nitrogens with one attached hydrogen (secondary N) is 2. The Balaban J connectivity index is 1.47. The molecule has 0 radical (unpaired) electrons. The summed E-state index contributed by atoms with van der Waals surface area (Å²) in [6.45, 7) is 6.84. The lowest BCUT2D eigenvalue weighted by Crippen LogP contribution is -2.35. The van der Waals surface area contributed by atoms with Crippen LogP contribution in [0.25, 0.3) is 21.1 Å². The summed E-state index contributed by atoms with van der Waals surface area (Å²) in [4.78, 5) is 8.83. The third kappa shape index (κ3) is 5.01. The molecule has 13 heteroatoms.